The number of carbonyl (C=O) groups is 1. The first-order valence-electron chi connectivity index (χ1n) is 10.3. The predicted octanol–water partition coefficient (Wildman–Crippen LogP) is 9.49. The van der Waals surface area contributed by atoms with Gasteiger partial charge in [0.05, 0.1) is 25.9 Å². The van der Waals surface area contributed by atoms with Gasteiger partial charge in [-0.25, -0.2) is 4.98 Å². The third-order valence-corrected chi connectivity index (χ3v) is 7.18. The molecule has 5 rings (SSSR count). The van der Waals surface area contributed by atoms with Gasteiger partial charge in [-0.1, -0.05) is 58.5 Å². The molecule has 0 saturated carbocycles. The highest BCUT2D eigenvalue weighted by atomic mass is 35.5. The molecule has 0 fully saturated rings. The van der Waals surface area contributed by atoms with Gasteiger partial charge in [0.15, 0.2) is 0 Å². The van der Waals surface area contributed by atoms with Crippen LogP contribution in [-0.2, 0) is 4.79 Å². The topological polar surface area (TPSA) is 55.1 Å². The maximum Gasteiger partial charge on any atom is 0.248 e. The fraction of sp³-hybridized carbons (Fsp3) is 0. The summed E-state index contributed by atoms with van der Waals surface area (Å²) in [4.78, 5) is 17.4. The molecule has 9 heteroatoms. The van der Waals surface area contributed by atoms with Gasteiger partial charge in [0.2, 0.25) is 5.91 Å². The summed E-state index contributed by atoms with van der Waals surface area (Å²) in [5.74, 6) is 0.652. The van der Waals surface area contributed by atoms with E-state index in [-0.39, 0.29) is 5.91 Å². The number of carbonyl (C=O) groups excluding carboxylic acids is 1. The summed E-state index contributed by atoms with van der Waals surface area (Å²) in [6, 6.07) is 19.8. The van der Waals surface area contributed by atoms with Gasteiger partial charge in [-0.2, -0.15) is 0 Å². The number of furan rings is 1. The zero-order chi connectivity index (χ0) is 24.5. The van der Waals surface area contributed by atoms with E-state index in [9.17, 15) is 4.79 Å². The zero-order valence-corrected chi connectivity index (χ0v) is 21.5. The van der Waals surface area contributed by atoms with Crippen molar-refractivity contribution in [2.24, 2.45) is 0 Å². The quantitative estimate of drug-likeness (QED) is 0.218. The number of rotatable bonds is 5. The first-order valence-corrected chi connectivity index (χ1v) is 12.6. The summed E-state index contributed by atoms with van der Waals surface area (Å²) in [6.07, 6.45) is 2.92. The normalized spacial score (nSPS) is 11.4. The van der Waals surface area contributed by atoms with E-state index in [1.54, 1.807) is 48.5 Å². The molecule has 4 nitrogen and oxygen atoms in total. The third kappa shape index (κ3) is 5.25. The van der Waals surface area contributed by atoms with Crippen molar-refractivity contribution in [2.45, 2.75) is 0 Å². The Hall–Kier alpha value is -2.80. The maximum atomic E-state index is 12.8. The van der Waals surface area contributed by atoms with Gasteiger partial charge in [-0.3, -0.25) is 4.79 Å². The average Bonchev–Trinajstić information content (AvgIpc) is 3.46. The van der Waals surface area contributed by atoms with Crippen LogP contribution in [0.15, 0.2) is 77.2 Å². The lowest BCUT2D eigenvalue weighted by molar-refractivity contribution is -0.111. The lowest BCUT2D eigenvalue weighted by Gasteiger charge is -2.11. The largest absolute Gasteiger partial charge is 0.457 e. The molecule has 0 aliphatic rings. The second kappa shape index (κ2) is 10.1. The molecule has 1 amide bonds. The number of nitrogens with zero attached hydrogens (tertiary/aromatic N) is 1. The Labute approximate surface area is 224 Å². The van der Waals surface area contributed by atoms with Gasteiger partial charge in [0, 0.05) is 27.2 Å². The number of anilines is 1. The first kappa shape index (κ1) is 23.9. The van der Waals surface area contributed by atoms with Crippen molar-refractivity contribution >= 4 is 85.6 Å². The van der Waals surface area contributed by atoms with Crippen LogP contribution in [0.3, 0.4) is 0 Å². The summed E-state index contributed by atoms with van der Waals surface area (Å²) >= 11 is 26.4. The highest BCUT2D eigenvalue weighted by Crippen LogP contribution is 2.40. The summed E-state index contributed by atoms with van der Waals surface area (Å²) in [6.45, 7) is 0. The van der Waals surface area contributed by atoms with Crippen LogP contribution in [0, 0.1) is 0 Å². The molecule has 0 radical (unpaired) electrons. The second-order valence-corrected chi connectivity index (χ2v) is 10.2. The van der Waals surface area contributed by atoms with E-state index in [0.29, 0.717) is 53.4 Å². The molecule has 174 valence electrons. The molecule has 0 saturated heterocycles. The second-order valence-electron chi connectivity index (χ2n) is 7.45. The average molecular weight is 560 g/mol. The van der Waals surface area contributed by atoms with Crippen molar-refractivity contribution in [3.05, 3.63) is 98.7 Å². The van der Waals surface area contributed by atoms with Crippen LogP contribution in [0.2, 0.25) is 20.1 Å². The van der Waals surface area contributed by atoms with Crippen LogP contribution >= 0.6 is 57.7 Å². The fourth-order valence-electron chi connectivity index (χ4n) is 3.46. The minimum Gasteiger partial charge on any atom is -0.457 e. The smallest absolute Gasteiger partial charge is 0.248 e. The van der Waals surface area contributed by atoms with Crippen LogP contribution in [0.5, 0.6) is 0 Å². The number of nitrogens with one attached hydrogen (secondary N) is 1. The number of amides is 1. The predicted molar refractivity (Wildman–Crippen MR) is 147 cm³/mol. The minimum atomic E-state index is -0.390. The molecule has 1 N–H and O–H groups in total. The number of benzene rings is 3. The molecule has 2 heterocycles. The van der Waals surface area contributed by atoms with E-state index in [0.717, 1.165) is 10.2 Å². The van der Waals surface area contributed by atoms with Crippen molar-refractivity contribution < 1.29 is 9.21 Å². The van der Waals surface area contributed by atoms with E-state index in [2.05, 4.69) is 10.3 Å². The Morgan fingerprint density at radius 1 is 0.886 bits per heavy atom. The van der Waals surface area contributed by atoms with E-state index >= 15 is 0 Å². The van der Waals surface area contributed by atoms with Gasteiger partial charge in [0.25, 0.3) is 0 Å². The monoisotopic (exact) mass is 558 g/mol. The van der Waals surface area contributed by atoms with Gasteiger partial charge in [-0.05, 0) is 60.7 Å². The number of thiazole rings is 1. The molecule has 2 aromatic heterocycles. The molecule has 0 unspecified atom stereocenters. The highest BCUT2D eigenvalue weighted by molar-refractivity contribution is 7.21. The van der Waals surface area contributed by atoms with Crippen molar-refractivity contribution in [3.8, 4) is 21.9 Å². The summed E-state index contributed by atoms with van der Waals surface area (Å²) < 4.78 is 6.83. The fourth-order valence-corrected chi connectivity index (χ4v) is 5.49. The Morgan fingerprint density at radius 2 is 1.69 bits per heavy atom. The van der Waals surface area contributed by atoms with E-state index in [1.165, 1.54) is 17.4 Å². The van der Waals surface area contributed by atoms with Crippen molar-refractivity contribution in [3.63, 3.8) is 0 Å². The van der Waals surface area contributed by atoms with Gasteiger partial charge >= 0.3 is 0 Å². The maximum absolute atomic E-state index is 12.8. The first-order chi connectivity index (χ1) is 16.9. The molecule has 3 aromatic carbocycles. The summed E-state index contributed by atoms with van der Waals surface area (Å²) in [5, 5.41) is 5.31. The number of hydrogen-bond acceptors (Lipinski definition) is 4. The Kier molecular flexibility index (Phi) is 6.87. The molecule has 0 atom stereocenters. The van der Waals surface area contributed by atoms with Crippen molar-refractivity contribution in [1.82, 2.24) is 4.98 Å². The van der Waals surface area contributed by atoms with Gasteiger partial charge < -0.3 is 9.73 Å². The molecular weight excluding hydrogens is 546 g/mol. The molecule has 0 aliphatic carbocycles. The Balaban J connectivity index is 1.39. The van der Waals surface area contributed by atoms with Crippen LogP contribution in [0.4, 0.5) is 5.69 Å². The number of fused-ring (bicyclic) bond motifs is 1. The standard InChI is InChI=1S/C26H14Cl4N2O2S/c27-14-5-8-17(19(29)12-14)22-9-6-16(34-22)7-10-24(33)32-25-18(11-15(28)13-20(25)30)26-31-21-3-1-2-4-23(21)35-26/h1-13H,(H,32,33)/b10-7+. The van der Waals surface area contributed by atoms with Crippen LogP contribution in [0.1, 0.15) is 5.76 Å². The molecule has 0 spiro atoms. The summed E-state index contributed by atoms with van der Waals surface area (Å²) in [5.41, 5.74) is 2.63. The van der Waals surface area contributed by atoms with Gasteiger partial charge in [-0.15, -0.1) is 11.3 Å². The highest BCUT2D eigenvalue weighted by Gasteiger charge is 2.17. The van der Waals surface area contributed by atoms with Crippen molar-refractivity contribution in [2.75, 3.05) is 5.32 Å². The number of hydrogen-bond donors (Lipinski definition) is 1. The number of para-hydroxylation sites is 1. The van der Waals surface area contributed by atoms with Gasteiger partial charge in [0.1, 0.15) is 16.5 Å². The van der Waals surface area contributed by atoms with Crippen LogP contribution in [0.25, 0.3) is 38.2 Å². The third-order valence-electron chi connectivity index (χ3n) is 5.05. The molecular formula is C26H14Cl4N2O2S. The van der Waals surface area contributed by atoms with E-state index in [1.807, 2.05) is 24.3 Å². The SMILES string of the molecule is O=C(/C=C/c1ccc(-c2ccc(Cl)cc2Cl)o1)Nc1c(Cl)cc(Cl)cc1-c1nc2ccccc2s1. The van der Waals surface area contributed by atoms with Crippen LogP contribution in [-0.4, -0.2) is 10.9 Å². The van der Waals surface area contributed by atoms with Crippen molar-refractivity contribution in [1.29, 1.82) is 0 Å². The molecule has 35 heavy (non-hydrogen) atoms. The van der Waals surface area contributed by atoms with E-state index in [4.69, 9.17) is 50.8 Å². The number of halogens is 4. The lowest BCUT2D eigenvalue weighted by atomic mass is 10.1. The molecule has 0 aliphatic heterocycles. The summed E-state index contributed by atoms with van der Waals surface area (Å²) in [7, 11) is 0. The van der Waals surface area contributed by atoms with E-state index < -0.39 is 0 Å². The Morgan fingerprint density at radius 3 is 2.49 bits per heavy atom. The van der Waals surface area contributed by atoms with Crippen LogP contribution < -0.4 is 5.32 Å². The minimum absolute atomic E-state index is 0.311. The zero-order valence-electron chi connectivity index (χ0n) is 17.7. The lowest BCUT2D eigenvalue weighted by Crippen LogP contribution is -2.09. The number of aromatic nitrogens is 1. The molecule has 0 bridgehead atoms. The Bertz CT molecular complexity index is 1570. The molecule has 5 aromatic rings.